The number of amides is 1. The van der Waals surface area contributed by atoms with Crippen LogP contribution < -0.4 is 5.32 Å². The molecular formula is C20H21N5O. The summed E-state index contributed by atoms with van der Waals surface area (Å²) < 4.78 is 0. The van der Waals surface area contributed by atoms with Crippen LogP contribution in [0.25, 0.3) is 0 Å². The zero-order chi connectivity index (χ0) is 18.4. The Morgan fingerprint density at radius 1 is 1.12 bits per heavy atom. The van der Waals surface area contributed by atoms with Crippen LogP contribution in [0.5, 0.6) is 0 Å². The number of aromatic nitrogens is 3. The Kier molecular flexibility index (Phi) is 5.53. The minimum atomic E-state index is -0.130. The third-order valence-corrected chi connectivity index (χ3v) is 4.13. The van der Waals surface area contributed by atoms with Crippen molar-refractivity contribution in [2.75, 3.05) is 18.9 Å². The van der Waals surface area contributed by atoms with Crippen LogP contribution in [-0.4, -0.2) is 39.4 Å². The number of rotatable bonds is 6. The fourth-order valence-electron chi connectivity index (χ4n) is 2.54. The Balaban J connectivity index is 1.66. The highest BCUT2D eigenvalue weighted by Crippen LogP contribution is 2.18. The van der Waals surface area contributed by atoms with E-state index < -0.39 is 0 Å². The minimum absolute atomic E-state index is 0.130. The second-order valence-electron chi connectivity index (χ2n) is 6.06. The van der Waals surface area contributed by atoms with Gasteiger partial charge in [-0.3, -0.25) is 9.78 Å². The fraction of sp³-hybridized carbons (Fsp3) is 0.200. The third kappa shape index (κ3) is 4.42. The molecule has 0 saturated heterocycles. The number of anilines is 2. The van der Waals surface area contributed by atoms with Crippen LogP contribution >= 0.6 is 0 Å². The summed E-state index contributed by atoms with van der Waals surface area (Å²) in [7, 11) is 1.78. The van der Waals surface area contributed by atoms with Gasteiger partial charge in [0.1, 0.15) is 17.8 Å². The molecule has 2 aromatic heterocycles. The van der Waals surface area contributed by atoms with Gasteiger partial charge in [-0.2, -0.15) is 0 Å². The summed E-state index contributed by atoms with van der Waals surface area (Å²) in [6.07, 6.45) is 5.69. The molecule has 26 heavy (non-hydrogen) atoms. The predicted molar refractivity (Wildman–Crippen MR) is 101 cm³/mol. The van der Waals surface area contributed by atoms with Gasteiger partial charge < -0.3 is 10.2 Å². The summed E-state index contributed by atoms with van der Waals surface area (Å²) in [6.45, 7) is 2.62. The average molecular weight is 347 g/mol. The molecule has 0 radical (unpaired) electrons. The zero-order valence-electron chi connectivity index (χ0n) is 14.9. The van der Waals surface area contributed by atoms with Crippen LogP contribution in [0.2, 0.25) is 0 Å². The van der Waals surface area contributed by atoms with E-state index in [1.54, 1.807) is 30.4 Å². The quantitative estimate of drug-likeness (QED) is 0.741. The minimum Gasteiger partial charge on any atom is -0.340 e. The van der Waals surface area contributed by atoms with Crippen molar-refractivity contribution in [2.45, 2.75) is 13.3 Å². The van der Waals surface area contributed by atoms with Crippen molar-refractivity contribution in [3.05, 3.63) is 78.0 Å². The lowest BCUT2D eigenvalue weighted by Gasteiger charge is -2.17. The molecule has 0 fully saturated rings. The lowest BCUT2D eigenvalue weighted by atomic mass is 10.2. The number of pyridine rings is 1. The standard InChI is InChI=1S/C20H21N5O/c1-15-5-3-4-6-17(15)24-19-13-18(22-14-23-19)20(26)25(2)12-9-16-7-10-21-11-8-16/h3-8,10-11,13-14H,9,12H2,1-2H3,(H,22,23,24). The molecule has 0 bridgehead atoms. The van der Waals surface area contributed by atoms with E-state index in [9.17, 15) is 4.79 Å². The maximum absolute atomic E-state index is 12.6. The van der Waals surface area contributed by atoms with Gasteiger partial charge in [-0.05, 0) is 42.7 Å². The van der Waals surface area contributed by atoms with Crippen molar-refractivity contribution in [3.8, 4) is 0 Å². The first-order chi connectivity index (χ1) is 12.6. The van der Waals surface area contributed by atoms with E-state index in [-0.39, 0.29) is 5.91 Å². The number of nitrogens with zero attached hydrogens (tertiary/aromatic N) is 4. The SMILES string of the molecule is Cc1ccccc1Nc1cc(C(=O)N(C)CCc2ccncc2)ncn1. The van der Waals surface area contributed by atoms with E-state index in [1.165, 1.54) is 6.33 Å². The van der Waals surface area contributed by atoms with Crippen LogP contribution in [0, 0.1) is 6.92 Å². The Hall–Kier alpha value is -3.28. The molecular weight excluding hydrogens is 326 g/mol. The van der Waals surface area contributed by atoms with Gasteiger partial charge in [0.2, 0.25) is 0 Å². The molecule has 132 valence electrons. The van der Waals surface area contributed by atoms with Crippen LogP contribution in [0.4, 0.5) is 11.5 Å². The van der Waals surface area contributed by atoms with E-state index in [2.05, 4.69) is 20.3 Å². The number of benzene rings is 1. The van der Waals surface area contributed by atoms with Crippen LogP contribution in [-0.2, 0) is 6.42 Å². The van der Waals surface area contributed by atoms with Crippen molar-refractivity contribution >= 4 is 17.4 Å². The van der Waals surface area contributed by atoms with Crippen LogP contribution in [0.15, 0.2) is 61.2 Å². The molecule has 2 heterocycles. The number of likely N-dealkylation sites (N-methyl/N-ethyl adjacent to an activating group) is 1. The van der Waals surface area contributed by atoms with Gasteiger partial charge in [-0.1, -0.05) is 18.2 Å². The molecule has 0 saturated carbocycles. The smallest absolute Gasteiger partial charge is 0.272 e. The third-order valence-electron chi connectivity index (χ3n) is 4.13. The number of hydrogen-bond donors (Lipinski definition) is 1. The van der Waals surface area contributed by atoms with E-state index in [4.69, 9.17) is 0 Å². The first-order valence-electron chi connectivity index (χ1n) is 8.42. The van der Waals surface area contributed by atoms with Crippen molar-refractivity contribution in [2.24, 2.45) is 0 Å². The summed E-state index contributed by atoms with van der Waals surface area (Å²) in [5.74, 6) is 0.467. The fourth-order valence-corrected chi connectivity index (χ4v) is 2.54. The van der Waals surface area contributed by atoms with Crippen molar-refractivity contribution in [3.63, 3.8) is 0 Å². The van der Waals surface area contributed by atoms with Crippen LogP contribution in [0.3, 0.4) is 0 Å². The zero-order valence-corrected chi connectivity index (χ0v) is 14.9. The molecule has 1 amide bonds. The lowest BCUT2D eigenvalue weighted by molar-refractivity contribution is 0.0790. The Bertz CT molecular complexity index is 882. The number of para-hydroxylation sites is 1. The topological polar surface area (TPSA) is 71.0 Å². The molecule has 0 aliphatic heterocycles. The van der Waals surface area contributed by atoms with Gasteiger partial charge in [-0.25, -0.2) is 9.97 Å². The van der Waals surface area contributed by atoms with Crippen molar-refractivity contribution < 1.29 is 4.79 Å². The molecule has 0 aliphatic carbocycles. The molecule has 1 aromatic carbocycles. The Labute approximate surface area is 153 Å². The largest absolute Gasteiger partial charge is 0.340 e. The van der Waals surface area contributed by atoms with Gasteiger partial charge in [0.15, 0.2) is 0 Å². The molecule has 6 heteroatoms. The average Bonchev–Trinajstić information content (AvgIpc) is 2.68. The molecule has 0 aliphatic rings. The summed E-state index contributed by atoms with van der Waals surface area (Å²) >= 11 is 0. The first kappa shape index (κ1) is 17.5. The number of carbonyl (C=O) groups excluding carboxylic acids is 1. The summed E-state index contributed by atoms with van der Waals surface area (Å²) in [6, 6.07) is 13.5. The highest BCUT2D eigenvalue weighted by molar-refractivity contribution is 5.92. The molecule has 0 unspecified atom stereocenters. The summed E-state index contributed by atoms with van der Waals surface area (Å²) in [5.41, 5.74) is 3.57. The predicted octanol–water partition coefficient (Wildman–Crippen LogP) is 3.24. The van der Waals surface area contributed by atoms with E-state index in [1.807, 2.05) is 43.3 Å². The van der Waals surface area contributed by atoms with Crippen molar-refractivity contribution in [1.29, 1.82) is 0 Å². The maximum atomic E-state index is 12.6. The maximum Gasteiger partial charge on any atom is 0.272 e. The summed E-state index contributed by atoms with van der Waals surface area (Å²) in [5, 5.41) is 3.24. The lowest BCUT2D eigenvalue weighted by Crippen LogP contribution is -2.29. The van der Waals surface area contributed by atoms with Gasteiger partial charge in [-0.15, -0.1) is 0 Å². The summed E-state index contributed by atoms with van der Waals surface area (Å²) in [4.78, 5) is 26.6. The number of aryl methyl sites for hydroxylation is 1. The highest BCUT2D eigenvalue weighted by Gasteiger charge is 2.14. The van der Waals surface area contributed by atoms with E-state index in [0.717, 1.165) is 23.2 Å². The Morgan fingerprint density at radius 3 is 2.65 bits per heavy atom. The molecule has 3 aromatic rings. The van der Waals surface area contributed by atoms with Gasteiger partial charge >= 0.3 is 0 Å². The molecule has 3 rings (SSSR count). The number of hydrogen-bond acceptors (Lipinski definition) is 5. The van der Waals surface area contributed by atoms with Gasteiger partial charge in [0.05, 0.1) is 0 Å². The first-order valence-corrected chi connectivity index (χ1v) is 8.42. The Morgan fingerprint density at radius 2 is 1.88 bits per heavy atom. The van der Waals surface area contributed by atoms with Crippen LogP contribution in [0.1, 0.15) is 21.6 Å². The second kappa shape index (κ2) is 8.20. The van der Waals surface area contributed by atoms with Gasteiger partial charge in [0.25, 0.3) is 5.91 Å². The molecule has 1 N–H and O–H groups in total. The molecule has 0 atom stereocenters. The van der Waals surface area contributed by atoms with E-state index in [0.29, 0.717) is 18.1 Å². The molecule has 0 spiro atoms. The number of carbonyl (C=O) groups is 1. The normalized spacial score (nSPS) is 10.4. The van der Waals surface area contributed by atoms with E-state index >= 15 is 0 Å². The molecule has 6 nitrogen and oxygen atoms in total. The van der Waals surface area contributed by atoms with Crippen molar-refractivity contribution in [1.82, 2.24) is 19.9 Å². The van der Waals surface area contributed by atoms with Gasteiger partial charge in [0, 0.05) is 37.7 Å². The second-order valence-corrected chi connectivity index (χ2v) is 6.06. The number of nitrogens with one attached hydrogen (secondary N) is 1. The highest BCUT2D eigenvalue weighted by atomic mass is 16.2. The monoisotopic (exact) mass is 347 g/mol.